The lowest BCUT2D eigenvalue weighted by Gasteiger charge is -2.33. The summed E-state index contributed by atoms with van der Waals surface area (Å²) in [5.74, 6) is -0.0365. The largest absolute Gasteiger partial charge is 0.360 e. The molecule has 2 N–H and O–H groups in total. The van der Waals surface area contributed by atoms with Crippen molar-refractivity contribution in [2.75, 3.05) is 0 Å². The molecule has 0 aromatic carbocycles. The second-order valence-corrected chi connectivity index (χ2v) is 4.49. The van der Waals surface area contributed by atoms with Gasteiger partial charge in [0.1, 0.15) is 5.71 Å². The zero-order chi connectivity index (χ0) is 11.0. The van der Waals surface area contributed by atoms with Crippen LogP contribution in [0.5, 0.6) is 0 Å². The molecule has 1 fully saturated rings. The third-order valence-electron chi connectivity index (χ3n) is 3.41. The summed E-state index contributed by atoms with van der Waals surface area (Å²) >= 11 is 0. The predicted molar refractivity (Wildman–Crippen MR) is 61.5 cm³/mol. The van der Waals surface area contributed by atoms with E-state index in [-0.39, 0.29) is 18.0 Å². The number of aromatic nitrogens is 1. The van der Waals surface area contributed by atoms with Crippen molar-refractivity contribution in [3.05, 3.63) is 24.0 Å². The molecule has 0 radical (unpaired) electrons. The number of H-pyrrole nitrogens is 1. The number of hydrogen-bond donors (Lipinski definition) is 2. The number of amides is 1. The maximum Gasteiger partial charge on any atom is 0.271 e. The normalized spacial score (nSPS) is 29.2. The van der Waals surface area contributed by atoms with Crippen LogP contribution in [-0.4, -0.2) is 28.7 Å². The van der Waals surface area contributed by atoms with Crippen molar-refractivity contribution in [1.82, 2.24) is 10.3 Å². The molecule has 1 saturated carbocycles. The van der Waals surface area contributed by atoms with Crippen LogP contribution in [0.25, 0.3) is 0 Å². The highest BCUT2D eigenvalue weighted by Crippen LogP contribution is 2.24. The van der Waals surface area contributed by atoms with Gasteiger partial charge in [0.05, 0.1) is 17.8 Å². The van der Waals surface area contributed by atoms with E-state index in [2.05, 4.69) is 15.3 Å². The molecule has 16 heavy (non-hydrogen) atoms. The number of aliphatic imine (C=N–C) groups is 1. The standard InChI is InChI=1S/C12H15N3O/c16-12-11(10-6-3-7-13-10)14-8-4-1-2-5-9(8)15-12/h3,6-9,13H,1-2,4-5H2,(H,15,16). The van der Waals surface area contributed by atoms with E-state index in [0.717, 1.165) is 18.5 Å². The fourth-order valence-electron chi connectivity index (χ4n) is 2.56. The van der Waals surface area contributed by atoms with Gasteiger partial charge in [0.25, 0.3) is 5.91 Å². The molecule has 2 unspecified atom stereocenters. The Balaban J connectivity index is 1.93. The van der Waals surface area contributed by atoms with Gasteiger partial charge in [-0.3, -0.25) is 9.79 Å². The highest BCUT2D eigenvalue weighted by atomic mass is 16.2. The molecule has 1 aromatic heterocycles. The molecular weight excluding hydrogens is 202 g/mol. The summed E-state index contributed by atoms with van der Waals surface area (Å²) in [6.07, 6.45) is 6.40. The van der Waals surface area contributed by atoms with E-state index in [1.807, 2.05) is 18.3 Å². The van der Waals surface area contributed by atoms with Crippen LogP contribution in [0.4, 0.5) is 0 Å². The maximum absolute atomic E-state index is 11.9. The monoisotopic (exact) mass is 217 g/mol. The lowest BCUT2D eigenvalue weighted by Crippen LogP contribution is -2.51. The molecule has 1 aromatic rings. The molecule has 4 nitrogen and oxygen atoms in total. The Kier molecular flexibility index (Phi) is 2.27. The number of fused-ring (bicyclic) bond motifs is 1. The molecular formula is C12H15N3O. The lowest BCUT2D eigenvalue weighted by molar-refractivity contribution is -0.116. The minimum atomic E-state index is -0.0365. The molecule has 0 spiro atoms. The van der Waals surface area contributed by atoms with Crippen LogP contribution < -0.4 is 5.32 Å². The van der Waals surface area contributed by atoms with Crippen LogP contribution in [0.1, 0.15) is 31.4 Å². The summed E-state index contributed by atoms with van der Waals surface area (Å²) in [5.41, 5.74) is 1.38. The van der Waals surface area contributed by atoms with Gasteiger partial charge < -0.3 is 10.3 Å². The Bertz CT molecular complexity index is 421. The quantitative estimate of drug-likeness (QED) is 0.730. The van der Waals surface area contributed by atoms with Crippen molar-refractivity contribution in [1.29, 1.82) is 0 Å². The summed E-state index contributed by atoms with van der Waals surface area (Å²) in [6, 6.07) is 4.32. The van der Waals surface area contributed by atoms with Crippen LogP contribution >= 0.6 is 0 Å². The van der Waals surface area contributed by atoms with E-state index >= 15 is 0 Å². The second kappa shape index (κ2) is 3.77. The Morgan fingerprint density at radius 3 is 3.00 bits per heavy atom. The number of nitrogens with zero attached hydrogens (tertiary/aromatic N) is 1. The van der Waals surface area contributed by atoms with Gasteiger partial charge >= 0.3 is 0 Å². The lowest BCUT2D eigenvalue weighted by atomic mass is 9.89. The topological polar surface area (TPSA) is 57.2 Å². The smallest absolute Gasteiger partial charge is 0.271 e. The van der Waals surface area contributed by atoms with Crippen LogP contribution in [0.3, 0.4) is 0 Å². The molecule has 1 aliphatic carbocycles. The van der Waals surface area contributed by atoms with E-state index in [1.54, 1.807) is 0 Å². The van der Waals surface area contributed by atoms with Crippen LogP contribution in [-0.2, 0) is 4.79 Å². The van der Waals surface area contributed by atoms with Crippen LogP contribution in [0.15, 0.2) is 23.3 Å². The van der Waals surface area contributed by atoms with Crippen molar-refractivity contribution >= 4 is 11.6 Å². The van der Waals surface area contributed by atoms with Crippen molar-refractivity contribution in [2.45, 2.75) is 37.8 Å². The first-order valence-corrected chi connectivity index (χ1v) is 5.87. The fraction of sp³-hybridized carbons (Fsp3) is 0.500. The first kappa shape index (κ1) is 9.63. The minimum Gasteiger partial charge on any atom is -0.360 e. The summed E-state index contributed by atoms with van der Waals surface area (Å²) < 4.78 is 0. The van der Waals surface area contributed by atoms with Gasteiger partial charge in [0, 0.05) is 6.20 Å². The number of carbonyl (C=O) groups is 1. The third kappa shape index (κ3) is 1.54. The average Bonchev–Trinajstić information content (AvgIpc) is 2.81. The zero-order valence-corrected chi connectivity index (χ0v) is 9.07. The number of aromatic amines is 1. The van der Waals surface area contributed by atoms with E-state index < -0.39 is 0 Å². The Labute approximate surface area is 94.2 Å². The van der Waals surface area contributed by atoms with Gasteiger partial charge in [-0.1, -0.05) is 12.8 Å². The third-order valence-corrected chi connectivity index (χ3v) is 3.41. The maximum atomic E-state index is 11.9. The first-order valence-electron chi connectivity index (χ1n) is 5.87. The molecule has 84 valence electrons. The van der Waals surface area contributed by atoms with E-state index in [1.165, 1.54) is 12.8 Å². The minimum absolute atomic E-state index is 0.0365. The fourth-order valence-corrected chi connectivity index (χ4v) is 2.56. The van der Waals surface area contributed by atoms with Crippen molar-refractivity contribution in [2.24, 2.45) is 4.99 Å². The number of rotatable bonds is 1. The molecule has 1 amide bonds. The van der Waals surface area contributed by atoms with Crippen LogP contribution in [0.2, 0.25) is 0 Å². The highest BCUT2D eigenvalue weighted by molar-refractivity contribution is 6.45. The number of nitrogens with one attached hydrogen (secondary N) is 2. The van der Waals surface area contributed by atoms with Crippen molar-refractivity contribution in [3.63, 3.8) is 0 Å². The van der Waals surface area contributed by atoms with Gasteiger partial charge in [0.15, 0.2) is 0 Å². The summed E-state index contributed by atoms with van der Waals surface area (Å²) in [4.78, 5) is 19.5. The van der Waals surface area contributed by atoms with E-state index in [4.69, 9.17) is 0 Å². The molecule has 2 heterocycles. The molecule has 1 aliphatic heterocycles. The van der Waals surface area contributed by atoms with Crippen LogP contribution in [0, 0.1) is 0 Å². The van der Waals surface area contributed by atoms with E-state index in [9.17, 15) is 4.79 Å². The van der Waals surface area contributed by atoms with Crippen molar-refractivity contribution in [3.8, 4) is 0 Å². The van der Waals surface area contributed by atoms with Gasteiger partial charge in [-0.2, -0.15) is 0 Å². The molecule has 2 atom stereocenters. The summed E-state index contributed by atoms with van der Waals surface area (Å²) in [6.45, 7) is 0. The zero-order valence-electron chi connectivity index (χ0n) is 9.07. The Morgan fingerprint density at radius 2 is 2.19 bits per heavy atom. The summed E-state index contributed by atoms with van der Waals surface area (Å²) in [7, 11) is 0. The first-order chi connectivity index (χ1) is 7.84. The Morgan fingerprint density at radius 1 is 1.31 bits per heavy atom. The molecule has 4 heteroatoms. The van der Waals surface area contributed by atoms with Gasteiger partial charge in [-0.15, -0.1) is 0 Å². The van der Waals surface area contributed by atoms with E-state index in [0.29, 0.717) is 5.71 Å². The summed E-state index contributed by atoms with van der Waals surface area (Å²) in [5, 5.41) is 3.07. The molecule has 0 bridgehead atoms. The van der Waals surface area contributed by atoms with Crippen molar-refractivity contribution < 1.29 is 4.79 Å². The Hall–Kier alpha value is -1.58. The molecule has 3 rings (SSSR count). The highest BCUT2D eigenvalue weighted by Gasteiger charge is 2.33. The number of carbonyl (C=O) groups excluding carboxylic acids is 1. The average molecular weight is 217 g/mol. The van der Waals surface area contributed by atoms with Gasteiger partial charge in [-0.25, -0.2) is 0 Å². The SMILES string of the molecule is O=C1NC2CCCCC2N=C1c1ccc[nH]1. The molecule has 0 saturated heterocycles. The second-order valence-electron chi connectivity index (χ2n) is 4.49. The number of hydrogen-bond acceptors (Lipinski definition) is 2. The predicted octanol–water partition coefficient (Wildman–Crippen LogP) is 1.24. The molecule has 2 aliphatic rings. The van der Waals surface area contributed by atoms with Gasteiger partial charge in [-0.05, 0) is 25.0 Å². The van der Waals surface area contributed by atoms with Gasteiger partial charge in [0.2, 0.25) is 0 Å².